The summed E-state index contributed by atoms with van der Waals surface area (Å²) in [5, 5.41) is 8.19. The summed E-state index contributed by atoms with van der Waals surface area (Å²) < 4.78 is 0. The Morgan fingerprint density at radius 1 is 1.25 bits per heavy atom. The molecule has 3 rings (SSSR count). The second kappa shape index (κ2) is 5.02. The van der Waals surface area contributed by atoms with Crippen LogP contribution in [0.15, 0.2) is 9.95 Å². The van der Waals surface area contributed by atoms with Gasteiger partial charge in [-0.1, -0.05) is 11.8 Å². The van der Waals surface area contributed by atoms with E-state index in [4.69, 9.17) is 0 Å². The number of H-pyrrole nitrogens is 2. The first kappa shape index (κ1) is 13.3. The highest BCUT2D eigenvalue weighted by atomic mass is 32.2. The number of nitrogens with zero attached hydrogens (tertiary/aromatic N) is 3. The van der Waals surface area contributed by atoms with E-state index in [-0.39, 0.29) is 5.56 Å². The van der Waals surface area contributed by atoms with Crippen LogP contribution in [0.3, 0.4) is 0 Å². The minimum atomic E-state index is -0.0707. The number of hydrogen-bond donors (Lipinski definition) is 2. The highest BCUT2D eigenvalue weighted by Crippen LogP contribution is 2.26. The molecule has 0 fully saturated rings. The van der Waals surface area contributed by atoms with Crippen LogP contribution < -0.4 is 5.56 Å². The Hall–Kier alpha value is -1.67. The standard InChI is InChI=1S/C12H13N5OS2/c1-5-6(2)20-11-9(5)10(18)14-8(15-11)4-19-12-13-7(3)16-17-12/h4H2,1-3H3,(H,13,16,17)(H,14,15,18). The first-order chi connectivity index (χ1) is 9.54. The van der Waals surface area contributed by atoms with Gasteiger partial charge >= 0.3 is 0 Å². The van der Waals surface area contributed by atoms with Crippen molar-refractivity contribution in [2.24, 2.45) is 0 Å². The fraction of sp³-hybridized carbons (Fsp3) is 0.333. The molecule has 0 spiro atoms. The van der Waals surface area contributed by atoms with Crippen molar-refractivity contribution >= 4 is 33.3 Å². The van der Waals surface area contributed by atoms with Crippen molar-refractivity contribution in [1.29, 1.82) is 0 Å². The molecule has 0 unspecified atom stereocenters. The Kier molecular flexibility index (Phi) is 3.35. The van der Waals surface area contributed by atoms with Crippen LogP contribution in [0, 0.1) is 20.8 Å². The molecular formula is C12H13N5OS2. The van der Waals surface area contributed by atoms with E-state index in [0.717, 1.165) is 21.1 Å². The van der Waals surface area contributed by atoms with Gasteiger partial charge in [0.15, 0.2) is 0 Å². The number of aromatic amines is 2. The SMILES string of the molecule is Cc1nc(SCc2nc3sc(C)c(C)c3c(=O)[nH]2)n[nH]1. The molecule has 0 aliphatic carbocycles. The highest BCUT2D eigenvalue weighted by molar-refractivity contribution is 7.98. The molecule has 0 atom stereocenters. The quantitative estimate of drug-likeness (QED) is 0.725. The van der Waals surface area contributed by atoms with Crippen molar-refractivity contribution in [3.8, 4) is 0 Å². The number of thiophene rings is 1. The summed E-state index contributed by atoms with van der Waals surface area (Å²) in [6.45, 7) is 5.81. The Labute approximate surface area is 123 Å². The van der Waals surface area contributed by atoms with Gasteiger partial charge in [-0.25, -0.2) is 9.97 Å². The van der Waals surface area contributed by atoms with Gasteiger partial charge in [0.1, 0.15) is 16.5 Å². The molecule has 3 heterocycles. The van der Waals surface area contributed by atoms with Crippen LogP contribution in [0.1, 0.15) is 22.1 Å². The van der Waals surface area contributed by atoms with E-state index in [0.29, 0.717) is 22.1 Å². The number of aryl methyl sites for hydroxylation is 3. The second-order valence-electron chi connectivity index (χ2n) is 4.47. The fourth-order valence-electron chi connectivity index (χ4n) is 1.89. The van der Waals surface area contributed by atoms with Crippen molar-refractivity contribution in [2.75, 3.05) is 0 Å². The maximum atomic E-state index is 12.1. The van der Waals surface area contributed by atoms with E-state index < -0.39 is 0 Å². The van der Waals surface area contributed by atoms with E-state index in [1.54, 1.807) is 11.3 Å². The van der Waals surface area contributed by atoms with Gasteiger partial charge < -0.3 is 4.98 Å². The van der Waals surface area contributed by atoms with Crippen LogP contribution in [0.2, 0.25) is 0 Å². The molecule has 0 radical (unpaired) electrons. The number of fused-ring (bicyclic) bond motifs is 1. The molecule has 0 bridgehead atoms. The molecular weight excluding hydrogens is 294 g/mol. The molecule has 0 aliphatic rings. The molecule has 2 N–H and O–H groups in total. The third-order valence-electron chi connectivity index (χ3n) is 3.00. The van der Waals surface area contributed by atoms with Crippen molar-refractivity contribution in [2.45, 2.75) is 31.7 Å². The van der Waals surface area contributed by atoms with E-state index in [1.165, 1.54) is 11.8 Å². The van der Waals surface area contributed by atoms with Gasteiger partial charge in [0.2, 0.25) is 5.16 Å². The summed E-state index contributed by atoms with van der Waals surface area (Å²) in [6, 6.07) is 0. The first-order valence-corrected chi connectivity index (χ1v) is 7.85. The molecule has 6 nitrogen and oxygen atoms in total. The number of rotatable bonds is 3. The first-order valence-electron chi connectivity index (χ1n) is 6.05. The largest absolute Gasteiger partial charge is 0.309 e. The molecule has 0 amide bonds. The monoisotopic (exact) mass is 307 g/mol. The molecule has 20 heavy (non-hydrogen) atoms. The molecule has 8 heteroatoms. The predicted octanol–water partition coefficient (Wildman–Crippen LogP) is 2.32. The molecule has 3 aromatic rings. The maximum absolute atomic E-state index is 12.1. The predicted molar refractivity (Wildman–Crippen MR) is 80.4 cm³/mol. The topological polar surface area (TPSA) is 87.3 Å². The number of thioether (sulfide) groups is 1. The Morgan fingerprint density at radius 2 is 2.05 bits per heavy atom. The molecule has 0 saturated heterocycles. The van der Waals surface area contributed by atoms with Gasteiger partial charge in [0, 0.05) is 4.88 Å². The van der Waals surface area contributed by atoms with Crippen LogP contribution in [-0.4, -0.2) is 25.1 Å². The van der Waals surface area contributed by atoms with Crippen LogP contribution in [0.25, 0.3) is 10.2 Å². The number of aromatic nitrogens is 5. The van der Waals surface area contributed by atoms with E-state index in [2.05, 4.69) is 25.1 Å². The second-order valence-corrected chi connectivity index (χ2v) is 6.61. The van der Waals surface area contributed by atoms with Gasteiger partial charge in [0.05, 0.1) is 11.1 Å². The minimum Gasteiger partial charge on any atom is -0.309 e. The zero-order chi connectivity index (χ0) is 14.3. The molecule has 0 saturated carbocycles. The zero-order valence-corrected chi connectivity index (χ0v) is 12.9. The normalized spacial score (nSPS) is 11.3. The lowest BCUT2D eigenvalue weighted by Gasteiger charge is -1.98. The zero-order valence-electron chi connectivity index (χ0n) is 11.3. The van der Waals surface area contributed by atoms with E-state index in [1.807, 2.05) is 20.8 Å². The summed E-state index contributed by atoms with van der Waals surface area (Å²) in [5.41, 5.74) is 0.946. The fourth-order valence-corrected chi connectivity index (χ4v) is 3.65. The van der Waals surface area contributed by atoms with Crippen LogP contribution >= 0.6 is 23.1 Å². The van der Waals surface area contributed by atoms with Crippen LogP contribution in [0.4, 0.5) is 0 Å². The lowest BCUT2D eigenvalue weighted by Crippen LogP contribution is -2.10. The van der Waals surface area contributed by atoms with Crippen molar-refractivity contribution in [3.05, 3.63) is 32.4 Å². The average molecular weight is 307 g/mol. The van der Waals surface area contributed by atoms with Gasteiger partial charge in [-0.2, -0.15) is 0 Å². The third kappa shape index (κ3) is 2.36. The van der Waals surface area contributed by atoms with Gasteiger partial charge in [-0.05, 0) is 26.3 Å². The average Bonchev–Trinajstić information content (AvgIpc) is 2.92. The highest BCUT2D eigenvalue weighted by Gasteiger charge is 2.12. The molecule has 0 aliphatic heterocycles. The molecule has 0 aromatic carbocycles. The summed E-state index contributed by atoms with van der Waals surface area (Å²) in [6.07, 6.45) is 0. The summed E-state index contributed by atoms with van der Waals surface area (Å²) in [5.74, 6) is 1.96. The molecule has 3 aromatic heterocycles. The Morgan fingerprint density at radius 3 is 2.75 bits per heavy atom. The smallest absolute Gasteiger partial charge is 0.259 e. The Bertz CT molecular complexity index is 832. The summed E-state index contributed by atoms with van der Waals surface area (Å²) in [4.78, 5) is 25.6. The third-order valence-corrected chi connectivity index (χ3v) is 4.96. The Balaban J connectivity index is 1.91. The summed E-state index contributed by atoms with van der Waals surface area (Å²) in [7, 11) is 0. The van der Waals surface area contributed by atoms with Crippen molar-refractivity contribution in [3.63, 3.8) is 0 Å². The van der Waals surface area contributed by atoms with Gasteiger partial charge in [-0.15, -0.1) is 16.4 Å². The summed E-state index contributed by atoms with van der Waals surface area (Å²) >= 11 is 3.00. The van der Waals surface area contributed by atoms with Gasteiger partial charge in [-0.3, -0.25) is 9.89 Å². The van der Waals surface area contributed by atoms with E-state index >= 15 is 0 Å². The minimum absolute atomic E-state index is 0.0707. The van der Waals surface area contributed by atoms with Crippen LogP contribution in [0.5, 0.6) is 0 Å². The lowest BCUT2D eigenvalue weighted by atomic mass is 10.2. The number of hydrogen-bond acceptors (Lipinski definition) is 6. The molecule has 104 valence electrons. The maximum Gasteiger partial charge on any atom is 0.259 e. The van der Waals surface area contributed by atoms with E-state index in [9.17, 15) is 4.79 Å². The number of nitrogens with one attached hydrogen (secondary N) is 2. The van der Waals surface area contributed by atoms with Crippen LogP contribution in [-0.2, 0) is 5.75 Å². The lowest BCUT2D eigenvalue weighted by molar-refractivity contribution is 0.963. The van der Waals surface area contributed by atoms with Crippen molar-refractivity contribution in [1.82, 2.24) is 25.1 Å². The van der Waals surface area contributed by atoms with Gasteiger partial charge in [0.25, 0.3) is 5.56 Å². The van der Waals surface area contributed by atoms with Crippen molar-refractivity contribution < 1.29 is 0 Å².